The van der Waals surface area contributed by atoms with Crippen molar-refractivity contribution in [1.82, 2.24) is 19.7 Å². The second kappa shape index (κ2) is 2.93. The van der Waals surface area contributed by atoms with Crippen LogP contribution < -0.4 is 0 Å². The molecule has 2 rings (SSSR count). The van der Waals surface area contributed by atoms with Crippen LogP contribution in [0.25, 0.3) is 5.82 Å². The predicted octanol–water partition coefficient (Wildman–Crippen LogP) is 1.11. The molecule has 13 heavy (non-hydrogen) atoms. The summed E-state index contributed by atoms with van der Waals surface area (Å²) in [5.74, 6) is -0.126. The molecule has 0 unspecified atom stereocenters. The van der Waals surface area contributed by atoms with E-state index >= 15 is 0 Å². The summed E-state index contributed by atoms with van der Waals surface area (Å²) in [6, 6.07) is 1.23. The minimum absolute atomic E-state index is 0.431. The van der Waals surface area contributed by atoms with Gasteiger partial charge in [0, 0.05) is 12.3 Å². The minimum atomic E-state index is -0.557. The van der Waals surface area contributed by atoms with Gasteiger partial charge in [0.1, 0.15) is 6.33 Å². The van der Waals surface area contributed by atoms with E-state index < -0.39 is 5.95 Å². The highest BCUT2D eigenvalue weighted by Crippen LogP contribution is 2.04. The summed E-state index contributed by atoms with van der Waals surface area (Å²) in [7, 11) is 0. The fraction of sp³-hybridized carbons (Fsp3) is 0.125. The van der Waals surface area contributed by atoms with E-state index in [1.54, 1.807) is 12.4 Å². The highest BCUT2D eigenvalue weighted by molar-refractivity contribution is 5.19. The Hall–Kier alpha value is -1.78. The van der Waals surface area contributed by atoms with Gasteiger partial charge < -0.3 is 0 Å². The van der Waals surface area contributed by atoms with Gasteiger partial charge in [-0.25, -0.2) is 14.6 Å². The molecule has 5 heteroatoms. The van der Waals surface area contributed by atoms with E-state index in [1.807, 2.05) is 6.92 Å². The topological polar surface area (TPSA) is 43.6 Å². The first-order valence-corrected chi connectivity index (χ1v) is 3.75. The average Bonchev–Trinajstić information content (AvgIpc) is 2.52. The molecule has 4 nitrogen and oxygen atoms in total. The van der Waals surface area contributed by atoms with Crippen LogP contribution in [0.15, 0.2) is 24.8 Å². The van der Waals surface area contributed by atoms with Crippen LogP contribution in [0.1, 0.15) is 5.56 Å². The standard InChI is InChI=1S/C8H7FN4/c1-6-3-12-13(4-6)8-2-7(9)10-5-11-8/h2-5H,1H3. The molecule has 66 valence electrons. The molecular weight excluding hydrogens is 171 g/mol. The first kappa shape index (κ1) is 7.85. The Labute approximate surface area is 74.1 Å². The normalized spacial score (nSPS) is 10.3. The molecule has 0 bridgehead atoms. The SMILES string of the molecule is Cc1cnn(-c2cc(F)ncn2)c1. The monoisotopic (exact) mass is 178 g/mol. The van der Waals surface area contributed by atoms with E-state index in [9.17, 15) is 4.39 Å². The van der Waals surface area contributed by atoms with Gasteiger partial charge in [0.05, 0.1) is 6.20 Å². The molecule has 0 radical (unpaired) electrons. The quantitative estimate of drug-likeness (QED) is 0.614. The van der Waals surface area contributed by atoms with E-state index in [4.69, 9.17) is 0 Å². The zero-order valence-electron chi connectivity index (χ0n) is 6.98. The van der Waals surface area contributed by atoms with Gasteiger partial charge in [-0.05, 0) is 12.5 Å². The lowest BCUT2D eigenvalue weighted by atomic mass is 10.4. The lowest BCUT2D eigenvalue weighted by Gasteiger charge is -1.97. The van der Waals surface area contributed by atoms with Crippen LogP contribution in [0, 0.1) is 12.9 Å². The van der Waals surface area contributed by atoms with Gasteiger partial charge in [0.2, 0.25) is 5.95 Å². The van der Waals surface area contributed by atoms with Crippen molar-refractivity contribution >= 4 is 0 Å². The van der Waals surface area contributed by atoms with Crippen LogP contribution in [0.4, 0.5) is 4.39 Å². The van der Waals surface area contributed by atoms with Gasteiger partial charge in [-0.1, -0.05) is 0 Å². The van der Waals surface area contributed by atoms with Crippen LogP contribution in [0.2, 0.25) is 0 Å². The third-order valence-corrected chi connectivity index (χ3v) is 1.57. The summed E-state index contributed by atoms with van der Waals surface area (Å²) in [5, 5.41) is 3.99. The van der Waals surface area contributed by atoms with Gasteiger partial charge in [-0.15, -0.1) is 0 Å². The van der Waals surface area contributed by atoms with Crippen molar-refractivity contribution in [2.45, 2.75) is 6.92 Å². The number of nitrogens with zero attached hydrogens (tertiary/aromatic N) is 4. The van der Waals surface area contributed by atoms with Gasteiger partial charge in [-0.2, -0.15) is 9.49 Å². The average molecular weight is 178 g/mol. The Balaban J connectivity index is 2.46. The summed E-state index contributed by atoms with van der Waals surface area (Å²) in [4.78, 5) is 7.23. The molecule has 0 N–H and O–H groups in total. The number of hydrogen-bond acceptors (Lipinski definition) is 3. The summed E-state index contributed by atoms with van der Waals surface area (Å²) >= 11 is 0. The number of halogens is 1. The highest BCUT2D eigenvalue weighted by Gasteiger charge is 2.00. The molecule has 0 spiro atoms. The molecule has 0 saturated heterocycles. The van der Waals surface area contributed by atoms with Gasteiger partial charge in [-0.3, -0.25) is 0 Å². The van der Waals surface area contributed by atoms with Crippen LogP contribution in [0.5, 0.6) is 0 Å². The zero-order chi connectivity index (χ0) is 9.26. The van der Waals surface area contributed by atoms with Crippen LogP contribution in [-0.4, -0.2) is 19.7 Å². The van der Waals surface area contributed by atoms with Crippen molar-refractivity contribution in [3.8, 4) is 5.82 Å². The largest absolute Gasteiger partial charge is 0.222 e. The van der Waals surface area contributed by atoms with Crippen molar-refractivity contribution in [1.29, 1.82) is 0 Å². The molecule has 0 atom stereocenters. The number of rotatable bonds is 1. The fourth-order valence-electron chi connectivity index (χ4n) is 0.988. The number of aryl methyl sites for hydroxylation is 1. The van der Waals surface area contributed by atoms with E-state index in [-0.39, 0.29) is 0 Å². The highest BCUT2D eigenvalue weighted by atomic mass is 19.1. The van der Waals surface area contributed by atoms with Gasteiger partial charge >= 0.3 is 0 Å². The molecular formula is C8H7FN4. The molecule has 0 saturated carbocycles. The van der Waals surface area contributed by atoms with Crippen LogP contribution in [-0.2, 0) is 0 Å². The minimum Gasteiger partial charge on any atom is -0.222 e. The Kier molecular flexibility index (Phi) is 1.77. The first-order chi connectivity index (χ1) is 6.25. The third kappa shape index (κ3) is 1.53. The lowest BCUT2D eigenvalue weighted by molar-refractivity contribution is 0.575. The van der Waals surface area contributed by atoms with Crippen molar-refractivity contribution in [3.63, 3.8) is 0 Å². The Morgan fingerprint density at radius 3 is 2.85 bits per heavy atom. The van der Waals surface area contributed by atoms with Crippen LogP contribution in [0.3, 0.4) is 0 Å². The molecule has 0 amide bonds. The Bertz CT molecular complexity index is 424. The molecule has 0 aliphatic carbocycles. The second-order valence-corrected chi connectivity index (χ2v) is 2.66. The number of hydrogen-bond donors (Lipinski definition) is 0. The van der Waals surface area contributed by atoms with E-state index in [2.05, 4.69) is 15.1 Å². The van der Waals surface area contributed by atoms with Crippen molar-refractivity contribution < 1.29 is 4.39 Å². The van der Waals surface area contributed by atoms with E-state index in [1.165, 1.54) is 17.1 Å². The molecule has 0 aromatic carbocycles. The molecule has 0 fully saturated rings. The summed E-state index contributed by atoms with van der Waals surface area (Å²) < 4.78 is 14.2. The lowest BCUT2D eigenvalue weighted by Crippen LogP contribution is -1.99. The van der Waals surface area contributed by atoms with Crippen LogP contribution >= 0.6 is 0 Å². The third-order valence-electron chi connectivity index (χ3n) is 1.57. The van der Waals surface area contributed by atoms with Crippen molar-refractivity contribution in [2.75, 3.05) is 0 Å². The van der Waals surface area contributed by atoms with E-state index in [0.29, 0.717) is 5.82 Å². The maximum absolute atomic E-state index is 12.7. The van der Waals surface area contributed by atoms with E-state index in [0.717, 1.165) is 5.56 Å². The maximum atomic E-state index is 12.7. The summed E-state index contributed by atoms with van der Waals surface area (Å²) in [6.45, 7) is 1.90. The zero-order valence-corrected chi connectivity index (χ0v) is 6.98. The molecule has 2 aromatic rings. The molecule has 0 aliphatic heterocycles. The van der Waals surface area contributed by atoms with Gasteiger partial charge in [0.25, 0.3) is 0 Å². The van der Waals surface area contributed by atoms with Gasteiger partial charge in [0.15, 0.2) is 5.82 Å². The molecule has 2 aromatic heterocycles. The second-order valence-electron chi connectivity index (χ2n) is 2.66. The fourth-order valence-corrected chi connectivity index (χ4v) is 0.988. The predicted molar refractivity (Wildman–Crippen MR) is 43.8 cm³/mol. The smallest absolute Gasteiger partial charge is 0.218 e. The molecule has 2 heterocycles. The number of aromatic nitrogens is 4. The van der Waals surface area contributed by atoms with Crippen molar-refractivity contribution in [3.05, 3.63) is 36.3 Å². The maximum Gasteiger partial charge on any atom is 0.218 e. The Morgan fingerprint density at radius 2 is 2.23 bits per heavy atom. The molecule has 0 aliphatic rings. The first-order valence-electron chi connectivity index (χ1n) is 3.75. The van der Waals surface area contributed by atoms with Crippen molar-refractivity contribution in [2.24, 2.45) is 0 Å². The Morgan fingerprint density at radius 1 is 1.38 bits per heavy atom. The summed E-state index contributed by atoms with van der Waals surface area (Å²) in [5.41, 5.74) is 0.999. The summed E-state index contributed by atoms with van der Waals surface area (Å²) in [6.07, 6.45) is 4.61.